The Morgan fingerprint density at radius 3 is 2.84 bits per heavy atom. The SMILES string of the molecule is CCCNc1cc(N(C)CC2CC(O)C2)nc(N)n1. The molecule has 1 aliphatic carbocycles. The maximum Gasteiger partial charge on any atom is 0.223 e. The summed E-state index contributed by atoms with van der Waals surface area (Å²) in [6, 6.07) is 1.92. The van der Waals surface area contributed by atoms with Gasteiger partial charge < -0.3 is 21.1 Å². The molecule has 0 amide bonds. The number of aliphatic hydroxyl groups is 1. The normalized spacial score (nSPS) is 21.8. The molecule has 0 saturated heterocycles. The number of rotatable bonds is 6. The van der Waals surface area contributed by atoms with Gasteiger partial charge in [-0.3, -0.25) is 0 Å². The summed E-state index contributed by atoms with van der Waals surface area (Å²) in [5.74, 6) is 2.43. The summed E-state index contributed by atoms with van der Waals surface area (Å²) < 4.78 is 0. The molecule has 0 aromatic carbocycles. The molecule has 1 heterocycles. The van der Waals surface area contributed by atoms with Crippen molar-refractivity contribution in [3.8, 4) is 0 Å². The molecule has 1 saturated carbocycles. The molecule has 2 rings (SSSR count). The lowest BCUT2D eigenvalue weighted by Crippen LogP contribution is -2.37. The smallest absolute Gasteiger partial charge is 0.223 e. The summed E-state index contributed by atoms with van der Waals surface area (Å²) in [4.78, 5) is 10.5. The van der Waals surface area contributed by atoms with Gasteiger partial charge in [-0.15, -0.1) is 0 Å². The van der Waals surface area contributed by atoms with E-state index in [1.165, 1.54) is 0 Å². The third-order valence-electron chi connectivity index (χ3n) is 3.42. The van der Waals surface area contributed by atoms with Crippen LogP contribution in [0.25, 0.3) is 0 Å². The van der Waals surface area contributed by atoms with Gasteiger partial charge in [-0.1, -0.05) is 6.92 Å². The van der Waals surface area contributed by atoms with Crippen LogP contribution in [-0.2, 0) is 0 Å². The van der Waals surface area contributed by atoms with Crippen LogP contribution < -0.4 is 16.0 Å². The van der Waals surface area contributed by atoms with E-state index in [1.54, 1.807) is 0 Å². The van der Waals surface area contributed by atoms with E-state index in [1.807, 2.05) is 13.1 Å². The van der Waals surface area contributed by atoms with Crippen molar-refractivity contribution in [3.63, 3.8) is 0 Å². The third-order valence-corrected chi connectivity index (χ3v) is 3.42. The monoisotopic (exact) mass is 265 g/mol. The largest absolute Gasteiger partial charge is 0.393 e. The lowest BCUT2D eigenvalue weighted by atomic mass is 9.82. The Balaban J connectivity index is 1.99. The molecule has 1 aromatic heterocycles. The van der Waals surface area contributed by atoms with Gasteiger partial charge in [-0.05, 0) is 25.2 Å². The number of hydrogen-bond acceptors (Lipinski definition) is 6. The standard InChI is InChI=1S/C13H23N5O/c1-3-4-15-11-7-12(17-13(14)16-11)18(2)8-9-5-10(19)6-9/h7,9-10,19H,3-6,8H2,1-2H3,(H3,14,15,16,17). The zero-order valence-corrected chi connectivity index (χ0v) is 11.6. The number of anilines is 3. The number of nitrogens with two attached hydrogens (primary N) is 1. The fourth-order valence-electron chi connectivity index (χ4n) is 2.32. The number of aliphatic hydroxyl groups excluding tert-OH is 1. The van der Waals surface area contributed by atoms with E-state index >= 15 is 0 Å². The highest BCUT2D eigenvalue weighted by molar-refractivity contribution is 5.52. The van der Waals surface area contributed by atoms with Gasteiger partial charge in [0.05, 0.1) is 6.10 Å². The number of nitrogen functional groups attached to an aromatic ring is 1. The van der Waals surface area contributed by atoms with Crippen molar-refractivity contribution in [1.82, 2.24) is 9.97 Å². The first kappa shape index (κ1) is 13.9. The number of hydrogen-bond donors (Lipinski definition) is 3. The third kappa shape index (κ3) is 3.70. The zero-order chi connectivity index (χ0) is 13.8. The molecule has 0 aliphatic heterocycles. The van der Waals surface area contributed by atoms with Crippen molar-refractivity contribution >= 4 is 17.6 Å². The summed E-state index contributed by atoms with van der Waals surface area (Å²) in [7, 11) is 2.00. The van der Waals surface area contributed by atoms with E-state index in [4.69, 9.17) is 5.73 Å². The Bertz CT molecular complexity index is 419. The van der Waals surface area contributed by atoms with E-state index in [0.717, 1.165) is 44.0 Å². The minimum atomic E-state index is -0.115. The van der Waals surface area contributed by atoms with Crippen LogP contribution in [0.15, 0.2) is 6.07 Å². The molecule has 1 fully saturated rings. The highest BCUT2D eigenvalue weighted by Gasteiger charge is 2.28. The predicted octanol–water partition coefficient (Wildman–Crippen LogP) is 1.09. The van der Waals surface area contributed by atoms with Crippen LogP contribution in [0.1, 0.15) is 26.2 Å². The van der Waals surface area contributed by atoms with E-state index < -0.39 is 0 Å². The maximum atomic E-state index is 9.31. The first-order valence-electron chi connectivity index (χ1n) is 6.86. The summed E-state index contributed by atoms with van der Waals surface area (Å²) in [6.07, 6.45) is 2.68. The quantitative estimate of drug-likeness (QED) is 0.713. The molecule has 6 nitrogen and oxygen atoms in total. The minimum absolute atomic E-state index is 0.115. The van der Waals surface area contributed by atoms with Gasteiger partial charge in [0.1, 0.15) is 11.6 Å². The molecule has 1 aromatic rings. The summed E-state index contributed by atoms with van der Waals surface area (Å²) in [6.45, 7) is 3.86. The van der Waals surface area contributed by atoms with Gasteiger partial charge in [-0.2, -0.15) is 9.97 Å². The molecular weight excluding hydrogens is 242 g/mol. The Hall–Kier alpha value is -1.56. The molecular formula is C13H23N5O. The molecule has 106 valence electrons. The first-order chi connectivity index (χ1) is 9.08. The van der Waals surface area contributed by atoms with Gasteiger partial charge in [0, 0.05) is 26.2 Å². The van der Waals surface area contributed by atoms with Gasteiger partial charge >= 0.3 is 0 Å². The number of aromatic nitrogens is 2. The first-order valence-corrected chi connectivity index (χ1v) is 6.86. The minimum Gasteiger partial charge on any atom is -0.393 e. The molecule has 0 unspecified atom stereocenters. The van der Waals surface area contributed by atoms with Crippen molar-refractivity contribution in [3.05, 3.63) is 6.07 Å². The maximum absolute atomic E-state index is 9.31. The van der Waals surface area contributed by atoms with E-state index in [9.17, 15) is 5.11 Å². The van der Waals surface area contributed by atoms with Crippen LogP contribution >= 0.6 is 0 Å². The Labute approximate surface area is 114 Å². The second kappa shape index (κ2) is 6.06. The number of nitrogens with zero attached hydrogens (tertiary/aromatic N) is 3. The van der Waals surface area contributed by atoms with E-state index in [2.05, 4.69) is 27.1 Å². The molecule has 0 radical (unpaired) electrons. The van der Waals surface area contributed by atoms with Crippen molar-refractivity contribution in [2.24, 2.45) is 5.92 Å². The lowest BCUT2D eigenvalue weighted by Gasteiger charge is -2.34. The predicted molar refractivity (Wildman–Crippen MR) is 77.2 cm³/mol. The molecule has 0 spiro atoms. The van der Waals surface area contributed by atoms with Crippen LogP contribution in [0.5, 0.6) is 0 Å². The Kier molecular flexibility index (Phi) is 4.42. The fourth-order valence-corrected chi connectivity index (χ4v) is 2.32. The second-order valence-corrected chi connectivity index (χ2v) is 5.27. The average Bonchev–Trinajstić information content (AvgIpc) is 2.33. The van der Waals surface area contributed by atoms with Crippen LogP contribution in [0.3, 0.4) is 0 Å². The van der Waals surface area contributed by atoms with Gasteiger partial charge in [0.25, 0.3) is 0 Å². The molecule has 4 N–H and O–H groups in total. The molecule has 1 aliphatic rings. The van der Waals surface area contributed by atoms with Gasteiger partial charge in [-0.25, -0.2) is 0 Å². The highest BCUT2D eigenvalue weighted by atomic mass is 16.3. The summed E-state index contributed by atoms with van der Waals surface area (Å²) in [5.41, 5.74) is 5.74. The summed E-state index contributed by atoms with van der Waals surface area (Å²) >= 11 is 0. The van der Waals surface area contributed by atoms with Crippen molar-refractivity contribution in [1.29, 1.82) is 0 Å². The molecule has 6 heteroatoms. The van der Waals surface area contributed by atoms with Gasteiger partial charge in [0.2, 0.25) is 5.95 Å². The number of nitrogens with one attached hydrogen (secondary N) is 1. The molecule has 0 atom stereocenters. The van der Waals surface area contributed by atoms with Gasteiger partial charge in [0.15, 0.2) is 0 Å². The van der Waals surface area contributed by atoms with Crippen molar-refractivity contribution < 1.29 is 5.11 Å². The summed E-state index contributed by atoms with van der Waals surface area (Å²) in [5, 5.41) is 12.5. The Morgan fingerprint density at radius 1 is 1.47 bits per heavy atom. The highest BCUT2D eigenvalue weighted by Crippen LogP contribution is 2.29. The van der Waals surface area contributed by atoms with Crippen LogP contribution in [0.2, 0.25) is 0 Å². The molecule has 0 bridgehead atoms. The average molecular weight is 265 g/mol. The molecule has 19 heavy (non-hydrogen) atoms. The fraction of sp³-hybridized carbons (Fsp3) is 0.692. The topological polar surface area (TPSA) is 87.3 Å². The zero-order valence-electron chi connectivity index (χ0n) is 11.6. The Morgan fingerprint density at radius 2 is 2.21 bits per heavy atom. The van der Waals surface area contributed by atoms with E-state index in [0.29, 0.717) is 5.92 Å². The lowest BCUT2D eigenvalue weighted by molar-refractivity contribution is 0.0464. The second-order valence-electron chi connectivity index (χ2n) is 5.27. The van der Waals surface area contributed by atoms with Crippen molar-refractivity contribution in [2.75, 3.05) is 36.1 Å². The van der Waals surface area contributed by atoms with Crippen LogP contribution in [-0.4, -0.2) is 41.3 Å². The van der Waals surface area contributed by atoms with Crippen molar-refractivity contribution in [2.45, 2.75) is 32.3 Å². The van der Waals surface area contributed by atoms with E-state index in [-0.39, 0.29) is 12.1 Å². The van der Waals surface area contributed by atoms with Crippen LogP contribution in [0, 0.1) is 5.92 Å². The van der Waals surface area contributed by atoms with Crippen LogP contribution in [0.4, 0.5) is 17.6 Å².